The van der Waals surface area contributed by atoms with Gasteiger partial charge in [0.2, 0.25) is 0 Å². The second-order valence-electron chi connectivity index (χ2n) is 3.99. The average molecular weight is 341 g/mol. The van der Waals surface area contributed by atoms with Crippen LogP contribution in [0, 0.1) is 15.9 Å². The number of likely N-dealkylation sites (N-methyl/N-ethyl adjacent to an activating group) is 1. The van der Waals surface area contributed by atoms with Crippen molar-refractivity contribution in [2.24, 2.45) is 0 Å². The molecule has 2 nitrogen and oxygen atoms in total. The molecule has 0 radical (unpaired) electrons. The third-order valence-corrected chi connectivity index (χ3v) is 3.62. The fraction of sp³-hybridized carbons (Fsp3) is 0.667. The molecule has 0 aromatic heterocycles. The van der Waals surface area contributed by atoms with E-state index in [9.17, 15) is 0 Å². The van der Waals surface area contributed by atoms with Gasteiger partial charge in [-0.2, -0.15) is 0 Å². The Morgan fingerprint density at radius 3 is 2.05 bits per heavy atom. The van der Waals surface area contributed by atoms with E-state index in [2.05, 4.69) is 30.7 Å². The summed E-state index contributed by atoms with van der Waals surface area (Å²) in [6.07, 6.45) is 1.17. The molecule has 1 aromatic carbocycles. The molecule has 5 heteroatoms. The number of rotatable bonds is 7. The Morgan fingerprint density at radius 1 is 1.15 bits per heavy atom. The Kier molecular flexibility index (Phi) is 20.0. The maximum atomic E-state index is 5.19. The fourth-order valence-electron chi connectivity index (χ4n) is 1.65. The molecule has 0 atom stereocenters. The predicted molar refractivity (Wildman–Crippen MR) is 93.9 cm³/mol. The minimum absolute atomic E-state index is 0. The van der Waals surface area contributed by atoms with E-state index in [1.807, 2.05) is 19.9 Å². The van der Waals surface area contributed by atoms with Gasteiger partial charge in [-0.3, -0.25) is 0 Å². The quantitative estimate of drug-likeness (QED) is 0.423. The molecule has 0 fully saturated rings. The van der Waals surface area contributed by atoms with Crippen molar-refractivity contribution in [3.05, 3.63) is 22.0 Å². The first-order chi connectivity index (χ1) is 8.60. The molecule has 0 unspecified atom stereocenters. The van der Waals surface area contributed by atoms with Crippen molar-refractivity contribution >= 4 is 30.1 Å². The molecular weight excluding hydrogens is 311 g/mol. The predicted octanol–water partition coefficient (Wildman–Crippen LogP) is 1.67. The monoisotopic (exact) mass is 340 g/mol. The third kappa shape index (κ3) is 8.68. The minimum atomic E-state index is 0. The smallest absolute Gasteiger partial charge is 0.372 e. The van der Waals surface area contributed by atoms with Gasteiger partial charge in [-0.05, 0) is 19.0 Å². The standard InChI is InChI=1S/C12H19N2S2.C2H6.CH4.K/c1-4-6-14(5-2)8-7-13(3)10-9-11(15)12(10)16;1-2;;/h9H,2,4-8H2,1,3H3;1-2H3;1H4;/q-1;;;+1. The number of anilines is 1. The Morgan fingerprint density at radius 2 is 1.70 bits per heavy atom. The molecule has 0 amide bonds. The summed E-state index contributed by atoms with van der Waals surface area (Å²) in [7, 11) is 2.06. The molecule has 0 aliphatic heterocycles. The second kappa shape index (κ2) is 15.2. The van der Waals surface area contributed by atoms with Gasteiger partial charge in [0.25, 0.3) is 0 Å². The number of hydrogen-bond donors (Lipinski definition) is 0. The Hall–Kier alpha value is 1.32. The van der Waals surface area contributed by atoms with E-state index in [-0.39, 0.29) is 58.8 Å². The number of hydrogen-bond acceptors (Lipinski definition) is 4. The zero-order valence-electron chi connectivity index (χ0n) is 13.0. The van der Waals surface area contributed by atoms with Crippen LogP contribution in [0.25, 0.3) is 0 Å². The second-order valence-corrected chi connectivity index (χ2v) is 4.83. The summed E-state index contributed by atoms with van der Waals surface area (Å²) < 4.78 is 1.66. The molecule has 0 N–H and O–H groups in total. The summed E-state index contributed by atoms with van der Waals surface area (Å²) in [5.41, 5.74) is 1.11. The molecule has 0 heterocycles. The van der Waals surface area contributed by atoms with Crippen LogP contribution < -0.4 is 56.3 Å². The maximum Gasteiger partial charge on any atom is 1.00 e. The molecule has 0 spiro atoms. The van der Waals surface area contributed by atoms with Crippen molar-refractivity contribution in [1.82, 2.24) is 4.90 Å². The molecule has 0 aliphatic carbocycles. The van der Waals surface area contributed by atoms with Gasteiger partial charge >= 0.3 is 51.4 Å². The molecule has 20 heavy (non-hydrogen) atoms. The van der Waals surface area contributed by atoms with Crippen molar-refractivity contribution < 1.29 is 51.4 Å². The zero-order chi connectivity index (χ0) is 14.1. The zero-order valence-corrected chi connectivity index (χ0v) is 17.8. The van der Waals surface area contributed by atoms with Crippen molar-refractivity contribution in [2.45, 2.75) is 34.6 Å². The molecule has 0 saturated heterocycles. The van der Waals surface area contributed by atoms with Crippen molar-refractivity contribution in [2.75, 3.05) is 38.1 Å². The van der Waals surface area contributed by atoms with Crippen molar-refractivity contribution in [3.63, 3.8) is 0 Å². The van der Waals surface area contributed by atoms with Crippen LogP contribution in [0.3, 0.4) is 0 Å². The van der Waals surface area contributed by atoms with E-state index in [0.29, 0.717) is 0 Å². The third-order valence-electron chi connectivity index (χ3n) is 2.74. The molecular formula is C15H29KN2S2. The van der Waals surface area contributed by atoms with Crippen LogP contribution in [0.5, 0.6) is 0 Å². The van der Waals surface area contributed by atoms with Gasteiger partial charge in [-0.15, -0.1) is 6.54 Å². The summed E-state index contributed by atoms with van der Waals surface area (Å²) in [6, 6.07) is 1.98. The van der Waals surface area contributed by atoms with E-state index < -0.39 is 0 Å². The van der Waals surface area contributed by atoms with Crippen LogP contribution in [-0.4, -0.2) is 38.1 Å². The van der Waals surface area contributed by atoms with Gasteiger partial charge < -0.3 is 16.7 Å². The summed E-state index contributed by atoms with van der Waals surface area (Å²) in [4.78, 5) is 4.52. The topological polar surface area (TPSA) is 6.48 Å². The van der Waals surface area contributed by atoms with Crippen molar-refractivity contribution in [1.29, 1.82) is 0 Å². The van der Waals surface area contributed by atoms with Crippen LogP contribution >= 0.6 is 24.4 Å². The van der Waals surface area contributed by atoms with E-state index >= 15 is 0 Å². The van der Waals surface area contributed by atoms with Gasteiger partial charge in [0.1, 0.15) is 0 Å². The number of nitrogens with zero attached hydrogens (tertiary/aromatic N) is 2. The fourth-order valence-corrected chi connectivity index (χ4v) is 2.14. The molecule has 0 aliphatic rings. The molecule has 112 valence electrons. The van der Waals surface area contributed by atoms with Crippen LogP contribution in [0.15, 0.2) is 6.07 Å². The van der Waals surface area contributed by atoms with E-state index in [1.165, 1.54) is 6.42 Å². The van der Waals surface area contributed by atoms with E-state index in [0.717, 1.165) is 40.9 Å². The Balaban J connectivity index is -0.000000689. The van der Waals surface area contributed by atoms with Gasteiger partial charge in [0, 0.05) is 20.1 Å². The van der Waals surface area contributed by atoms with Gasteiger partial charge in [0.15, 0.2) is 0 Å². The summed E-state index contributed by atoms with van der Waals surface area (Å²) in [5.74, 6) is 0. The van der Waals surface area contributed by atoms with E-state index in [4.69, 9.17) is 24.4 Å². The first-order valence-corrected chi connectivity index (χ1v) is 7.44. The molecule has 0 bridgehead atoms. The van der Waals surface area contributed by atoms with Crippen LogP contribution in [0.1, 0.15) is 34.6 Å². The first kappa shape index (κ1) is 26.2. The van der Waals surface area contributed by atoms with Crippen LogP contribution in [-0.2, 0) is 0 Å². The van der Waals surface area contributed by atoms with Crippen molar-refractivity contribution in [3.8, 4) is 0 Å². The van der Waals surface area contributed by atoms with Gasteiger partial charge in [0.05, 0.1) is 14.7 Å². The normalized spacial score (nSPS) is 9.30. The average Bonchev–Trinajstić information content (AvgIpc) is 2.42. The molecule has 1 aromatic rings. The largest absolute Gasteiger partial charge is 1.00 e. The minimum Gasteiger partial charge on any atom is -0.372 e. The first-order valence-electron chi connectivity index (χ1n) is 6.63. The summed E-state index contributed by atoms with van der Waals surface area (Å²) in [6.45, 7) is 14.1. The van der Waals surface area contributed by atoms with Crippen LogP contribution in [0.4, 0.5) is 5.69 Å². The maximum absolute atomic E-state index is 5.19. The Bertz CT molecular complexity index is 400. The van der Waals surface area contributed by atoms with Crippen LogP contribution in [0.2, 0.25) is 0 Å². The summed E-state index contributed by atoms with van der Waals surface area (Å²) >= 11 is 10.2. The van der Waals surface area contributed by atoms with Gasteiger partial charge in [-0.25, -0.2) is 0 Å². The SMILES string of the molecule is C.CC.[CH2-]CN(CCC)CCN(C)c1cc(=S)c1=S.[K+]. The van der Waals surface area contributed by atoms with E-state index in [1.54, 1.807) is 0 Å². The summed E-state index contributed by atoms with van der Waals surface area (Å²) in [5, 5.41) is 0. The molecule has 0 saturated carbocycles. The Labute approximate surface area is 179 Å². The molecule has 1 rings (SSSR count). The van der Waals surface area contributed by atoms with Gasteiger partial charge in [-0.1, -0.05) is 52.6 Å².